The van der Waals surface area contributed by atoms with Gasteiger partial charge in [-0.15, -0.1) is 0 Å². The van der Waals surface area contributed by atoms with Gasteiger partial charge in [0.05, 0.1) is 12.5 Å². The first-order valence-corrected chi connectivity index (χ1v) is 5.92. The highest BCUT2D eigenvalue weighted by molar-refractivity contribution is 5.82. The predicted molar refractivity (Wildman–Crippen MR) is 66.9 cm³/mol. The molecule has 1 atom stereocenters. The second-order valence-electron chi connectivity index (χ2n) is 4.66. The Hall–Kier alpha value is -1.77. The number of carboxylic acid groups (broad SMARTS) is 1. The van der Waals surface area contributed by atoms with Crippen LogP contribution in [0.1, 0.15) is 27.2 Å². The summed E-state index contributed by atoms with van der Waals surface area (Å²) in [5.74, 6) is -0.781. The molecule has 0 aliphatic rings. The van der Waals surface area contributed by atoms with Crippen LogP contribution in [-0.2, 0) is 4.79 Å². The standard InChI is InChI=1S/C12H21N3O3/c1-9(2)8-15(7-5-6-13)12(18)14(4)10(3)11(16)17/h9-10H,5,7-8H2,1-4H3,(H,16,17). The zero-order chi connectivity index (χ0) is 14.3. The molecule has 18 heavy (non-hydrogen) atoms. The molecule has 0 fully saturated rings. The van der Waals surface area contributed by atoms with Crippen LogP contribution in [0.5, 0.6) is 0 Å². The molecule has 0 radical (unpaired) electrons. The molecule has 0 spiro atoms. The first-order chi connectivity index (χ1) is 8.31. The average Bonchev–Trinajstić information content (AvgIpc) is 2.30. The summed E-state index contributed by atoms with van der Waals surface area (Å²) in [5.41, 5.74) is 0. The second-order valence-corrected chi connectivity index (χ2v) is 4.66. The average molecular weight is 255 g/mol. The number of carboxylic acids is 1. The van der Waals surface area contributed by atoms with Crippen molar-refractivity contribution in [3.8, 4) is 6.07 Å². The molecule has 0 heterocycles. The van der Waals surface area contributed by atoms with Gasteiger partial charge in [-0.1, -0.05) is 13.8 Å². The highest BCUT2D eigenvalue weighted by atomic mass is 16.4. The summed E-state index contributed by atoms with van der Waals surface area (Å²) in [6.07, 6.45) is 0.244. The van der Waals surface area contributed by atoms with Crippen LogP contribution >= 0.6 is 0 Å². The maximum Gasteiger partial charge on any atom is 0.326 e. The number of nitriles is 1. The maximum atomic E-state index is 12.1. The lowest BCUT2D eigenvalue weighted by molar-refractivity contribution is -0.141. The van der Waals surface area contributed by atoms with Gasteiger partial charge in [0, 0.05) is 20.1 Å². The van der Waals surface area contributed by atoms with Crippen molar-refractivity contribution in [3.63, 3.8) is 0 Å². The number of likely N-dealkylation sites (N-methyl/N-ethyl adjacent to an activating group) is 1. The Morgan fingerprint density at radius 3 is 2.28 bits per heavy atom. The Morgan fingerprint density at radius 2 is 1.89 bits per heavy atom. The monoisotopic (exact) mass is 255 g/mol. The molecule has 6 heteroatoms. The minimum absolute atomic E-state index is 0.244. The van der Waals surface area contributed by atoms with Crippen LogP contribution < -0.4 is 0 Å². The van der Waals surface area contributed by atoms with Gasteiger partial charge in [-0.2, -0.15) is 5.26 Å². The number of nitrogens with zero attached hydrogens (tertiary/aromatic N) is 3. The van der Waals surface area contributed by atoms with Crippen molar-refractivity contribution >= 4 is 12.0 Å². The lowest BCUT2D eigenvalue weighted by atomic mass is 10.2. The Morgan fingerprint density at radius 1 is 1.33 bits per heavy atom. The van der Waals surface area contributed by atoms with Crippen molar-refractivity contribution in [3.05, 3.63) is 0 Å². The van der Waals surface area contributed by atoms with Gasteiger partial charge >= 0.3 is 12.0 Å². The number of carbonyl (C=O) groups excluding carboxylic acids is 1. The number of aliphatic carboxylic acids is 1. The summed E-state index contributed by atoms with van der Waals surface area (Å²) >= 11 is 0. The zero-order valence-corrected chi connectivity index (χ0v) is 11.4. The SMILES string of the molecule is CC(C)CN(CCC#N)C(=O)N(C)C(C)C(=O)O. The van der Waals surface area contributed by atoms with Crippen molar-refractivity contribution in [1.29, 1.82) is 5.26 Å². The number of hydrogen-bond acceptors (Lipinski definition) is 3. The molecule has 0 saturated carbocycles. The molecule has 1 N–H and O–H groups in total. The summed E-state index contributed by atoms with van der Waals surface area (Å²) in [4.78, 5) is 25.7. The molecule has 0 aliphatic heterocycles. The van der Waals surface area contributed by atoms with Gasteiger partial charge in [0.2, 0.25) is 0 Å². The first-order valence-electron chi connectivity index (χ1n) is 5.92. The summed E-state index contributed by atoms with van der Waals surface area (Å²) < 4.78 is 0. The predicted octanol–water partition coefficient (Wildman–Crippen LogP) is 1.38. The van der Waals surface area contributed by atoms with Gasteiger partial charge < -0.3 is 14.9 Å². The molecule has 2 amide bonds. The normalized spacial score (nSPS) is 11.8. The number of rotatable bonds is 6. The molecule has 0 aromatic carbocycles. The lowest BCUT2D eigenvalue weighted by Crippen LogP contribution is -2.49. The van der Waals surface area contributed by atoms with Gasteiger partial charge in [0.1, 0.15) is 6.04 Å². The summed E-state index contributed by atoms with van der Waals surface area (Å²) in [7, 11) is 1.46. The quantitative estimate of drug-likeness (QED) is 0.777. The van der Waals surface area contributed by atoms with Crippen molar-refractivity contribution in [1.82, 2.24) is 9.80 Å². The fourth-order valence-electron chi connectivity index (χ4n) is 1.45. The highest BCUT2D eigenvalue weighted by Crippen LogP contribution is 2.07. The van der Waals surface area contributed by atoms with Crippen LogP contribution in [-0.4, -0.2) is 53.1 Å². The van der Waals surface area contributed by atoms with E-state index in [4.69, 9.17) is 10.4 Å². The van der Waals surface area contributed by atoms with E-state index in [1.54, 1.807) is 0 Å². The van der Waals surface area contributed by atoms with Gasteiger partial charge in [-0.05, 0) is 12.8 Å². The molecule has 0 saturated heterocycles. The molecule has 0 rings (SSSR count). The Kier molecular flexibility index (Phi) is 6.79. The summed E-state index contributed by atoms with van der Waals surface area (Å²) in [6.45, 7) is 6.22. The first kappa shape index (κ1) is 16.2. The third kappa shape index (κ3) is 5.04. The van der Waals surface area contributed by atoms with E-state index in [-0.39, 0.29) is 18.4 Å². The van der Waals surface area contributed by atoms with E-state index >= 15 is 0 Å². The molecule has 0 aromatic rings. The van der Waals surface area contributed by atoms with E-state index in [0.29, 0.717) is 13.1 Å². The Balaban J connectivity index is 4.72. The van der Waals surface area contributed by atoms with E-state index in [0.717, 1.165) is 0 Å². The van der Waals surface area contributed by atoms with Gasteiger partial charge in [0.25, 0.3) is 0 Å². The van der Waals surface area contributed by atoms with Gasteiger partial charge in [-0.25, -0.2) is 9.59 Å². The van der Waals surface area contributed by atoms with Crippen molar-refractivity contribution in [2.45, 2.75) is 33.2 Å². The van der Waals surface area contributed by atoms with Crippen molar-refractivity contribution in [2.24, 2.45) is 5.92 Å². The third-order valence-corrected chi connectivity index (χ3v) is 2.59. The van der Waals surface area contributed by atoms with E-state index in [1.807, 2.05) is 19.9 Å². The fraction of sp³-hybridized carbons (Fsp3) is 0.750. The minimum Gasteiger partial charge on any atom is -0.480 e. The number of amides is 2. The van der Waals surface area contributed by atoms with Gasteiger partial charge in [-0.3, -0.25) is 0 Å². The fourth-order valence-corrected chi connectivity index (χ4v) is 1.45. The van der Waals surface area contributed by atoms with Crippen LogP contribution in [0.15, 0.2) is 0 Å². The molecule has 0 bridgehead atoms. The molecule has 0 aromatic heterocycles. The molecular weight excluding hydrogens is 234 g/mol. The summed E-state index contributed by atoms with van der Waals surface area (Å²) in [6, 6.07) is 0.755. The topological polar surface area (TPSA) is 84.6 Å². The Labute approximate surface area is 108 Å². The van der Waals surface area contributed by atoms with Crippen LogP contribution in [0.4, 0.5) is 4.79 Å². The summed E-state index contributed by atoms with van der Waals surface area (Å²) in [5, 5.41) is 17.4. The largest absolute Gasteiger partial charge is 0.480 e. The van der Waals surface area contributed by atoms with Crippen LogP contribution in [0.25, 0.3) is 0 Å². The van der Waals surface area contributed by atoms with E-state index in [9.17, 15) is 9.59 Å². The van der Waals surface area contributed by atoms with Crippen LogP contribution in [0.3, 0.4) is 0 Å². The number of hydrogen-bond donors (Lipinski definition) is 1. The van der Waals surface area contributed by atoms with Crippen molar-refractivity contribution in [2.75, 3.05) is 20.1 Å². The molecule has 0 aliphatic carbocycles. The van der Waals surface area contributed by atoms with Crippen molar-refractivity contribution < 1.29 is 14.7 Å². The lowest BCUT2D eigenvalue weighted by Gasteiger charge is -2.30. The van der Waals surface area contributed by atoms with E-state index < -0.39 is 12.0 Å². The number of urea groups is 1. The third-order valence-electron chi connectivity index (χ3n) is 2.59. The minimum atomic E-state index is -1.05. The smallest absolute Gasteiger partial charge is 0.326 e. The highest BCUT2D eigenvalue weighted by Gasteiger charge is 2.26. The van der Waals surface area contributed by atoms with E-state index in [2.05, 4.69) is 0 Å². The van der Waals surface area contributed by atoms with Crippen LogP contribution in [0, 0.1) is 17.2 Å². The van der Waals surface area contributed by atoms with E-state index in [1.165, 1.54) is 23.8 Å². The van der Waals surface area contributed by atoms with Gasteiger partial charge in [0.15, 0.2) is 0 Å². The molecule has 1 unspecified atom stereocenters. The second kappa shape index (κ2) is 7.54. The zero-order valence-electron chi connectivity index (χ0n) is 11.4. The molecule has 102 valence electrons. The molecule has 6 nitrogen and oxygen atoms in total. The van der Waals surface area contributed by atoms with Crippen LogP contribution in [0.2, 0.25) is 0 Å². The Bertz CT molecular complexity index is 336. The maximum absolute atomic E-state index is 12.1. The number of carbonyl (C=O) groups is 2. The molecular formula is C12H21N3O3.